The molecule has 1 heterocycles. The Morgan fingerprint density at radius 1 is 1.08 bits per heavy atom. The van der Waals surface area contributed by atoms with Crippen molar-refractivity contribution in [2.45, 2.75) is 77.2 Å². The van der Waals surface area contributed by atoms with E-state index in [1.165, 1.54) is 24.8 Å². The Hall–Kier alpha value is -1.38. The first kappa shape index (κ1) is 16.8. The van der Waals surface area contributed by atoms with E-state index < -0.39 is 0 Å². The van der Waals surface area contributed by atoms with Crippen LogP contribution in [-0.4, -0.2) is 17.4 Å². The van der Waals surface area contributed by atoms with Crippen LogP contribution in [-0.2, 0) is 14.3 Å². The van der Waals surface area contributed by atoms with Crippen molar-refractivity contribution in [3.8, 4) is 0 Å². The predicted octanol–water partition coefficient (Wildman–Crippen LogP) is 4.76. The van der Waals surface area contributed by atoms with Crippen LogP contribution >= 0.6 is 0 Å². The Labute approximate surface area is 156 Å². The lowest BCUT2D eigenvalue weighted by Crippen LogP contribution is -2.54. The number of carbonyl (C=O) groups is 2. The molecule has 0 bridgehead atoms. The van der Waals surface area contributed by atoms with Crippen molar-refractivity contribution < 1.29 is 14.3 Å². The summed E-state index contributed by atoms with van der Waals surface area (Å²) in [5, 5.41) is 0. The summed E-state index contributed by atoms with van der Waals surface area (Å²) in [7, 11) is 0. The van der Waals surface area contributed by atoms with Crippen molar-refractivity contribution >= 4 is 11.8 Å². The van der Waals surface area contributed by atoms with E-state index in [-0.39, 0.29) is 28.2 Å². The highest BCUT2D eigenvalue weighted by atomic mass is 16.6. The summed E-state index contributed by atoms with van der Waals surface area (Å²) in [5.74, 6) is 2.12. The molecule has 0 amide bonds. The van der Waals surface area contributed by atoms with Crippen molar-refractivity contribution in [2.75, 3.05) is 0 Å². The topological polar surface area (TPSA) is 43.4 Å². The lowest BCUT2D eigenvalue weighted by atomic mass is 9.47. The molecule has 3 fully saturated rings. The van der Waals surface area contributed by atoms with Crippen LogP contribution in [0, 0.1) is 28.6 Å². The van der Waals surface area contributed by atoms with Crippen LogP contribution in [0.3, 0.4) is 0 Å². The number of ether oxygens (including phenoxy) is 1. The second-order valence-electron chi connectivity index (χ2n) is 9.69. The number of allylic oxidation sites excluding steroid dienone is 4. The molecule has 0 aromatic carbocycles. The van der Waals surface area contributed by atoms with Gasteiger partial charge in [-0.15, -0.1) is 0 Å². The lowest BCUT2D eigenvalue weighted by molar-refractivity contribution is -0.168. The van der Waals surface area contributed by atoms with Gasteiger partial charge in [-0.3, -0.25) is 9.59 Å². The van der Waals surface area contributed by atoms with Crippen LogP contribution < -0.4 is 0 Å². The minimum Gasteiger partial charge on any atom is -0.458 e. The van der Waals surface area contributed by atoms with Gasteiger partial charge in [0.05, 0.1) is 0 Å². The van der Waals surface area contributed by atoms with Gasteiger partial charge in [0.25, 0.3) is 0 Å². The standard InChI is InChI=1S/C23H30O3/c1-3-22-11-7-18-17(5-4-15-14-16(24)6-10-21(15,18)2)19(22)8-12-23(22)13-9-20(25)26-23/h4-5,14,17-19H,3,6-13H2,1-2H3/t17-,18?,19?,21+,22+,23-/m1/s1. The van der Waals surface area contributed by atoms with Gasteiger partial charge < -0.3 is 4.74 Å². The second-order valence-corrected chi connectivity index (χ2v) is 9.69. The fraction of sp³-hybridized carbons (Fsp3) is 0.739. The van der Waals surface area contributed by atoms with E-state index >= 15 is 0 Å². The normalized spacial score (nSPS) is 49.5. The van der Waals surface area contributed by atoms with E-state index in [0.717, 1.165) is 25.7 Å². The molecule has 26 heavy (non-hydrogen) atoms. The van der Waals surface area contributed by atoms with Crippen LogP contribution in [0.15, 0.2) is 23.8 Å². The smallest absolute Gasteiger partial charge is 0.306 e. The predicted molar refractivity (Wildman–Crippen MR) is 99.3 cm³/mol. The zero-order valence-electron chi connectivity index (χ0n) is 16.1. The van der Waals surface area contributed by atoms with Crippen molar-refractivity contribution in [2.24, 2.45) is 28.6 Å². The van der Waals surface area contributed by atoms with Gasteiger partial charge >= 0.3 is 5.97 Å². The average Bonchev–Trinajstić information content (AvgIpc) is 3.17. The van der Waals surface area contributed by atoms with Crippen LogP contribution in [0.4, 0.5) is 0 Å². The SMILES string of the molecule is CC[C@]12CCC3[C@@H](C=CC4=CC(=O)CC[C@@]43C)C1CC[C@@]21CCC(=O)O1. The number of esters is 1. The molecular weight excluding hydrogens is 324 g/mol. The number of fused-ring (bicyclic) bond motifs is 6. The molecule has 6 atom stereocenters. The molecular formula is C23H30O3. The summed E-state index contributed by atoms with van der Waals surface area (Å²) in [5.41, 5.74) is 1.38. The Morgan fingerprint density at radius 3 is 2.62 bits per heavy atom. The highest BCUT2D eigenvalue weighted by molar-refractivity contribution is 5.92. The molecule has 1 aliphatic heterocycles. The van der Waals surface area contributed by atoms with Crippen LogP contribution in [0.5, 0.6) is 0 Å². The van der Waals surface area contributed by atoms with E-state index in [4.69, 9.17) is 4.74 Å². The van der Waals surface area contributed by atoms with E-state index in [9.17, 15) is 9.59 Å². The number of rotatable bonds is 1. The molecule has 2 unspecified atom stereocenters. The summed E-state index contributed by atoms with van der Waals surface area (Å²) in [6, 6.07) is 0. The van der Waals surface area contributed by atoms with E-state index in [1.807, 2.05) is 6.08 Å². The van der Waals surface area contributed by atoms with E-state index in [2.05, 4.69) is 26.0 Å². The minimum absolute atomic E-state index is 0.0164. The highest BCUT2D eigenvalue weighted by Gasteiger charge is 2.67. The first-order chi connectivity index (χ1) is 12.4. The van der Waals surface area contributed by atoms with Crippen molar-refractivity contribution in [3.63, 3.8) is 0 Å². The summed E-state index contributed by atoms with van der Waals surface area (Å²) in [4.78, 5) is 24.0. The zero-order valence-corrected chi connectivity index (χ0v) is 16.1. The van der Waals surface area contributed by atoms with Gasteiger partial charge in [-0.1, -0.05) is 26.0 Å². The molecule has 1 spiro atoms. The van der Waals surface area contributed by atoms with Gasteiger partial charge in [-0.2, -0.15) is 0 Å². The Kier molecular flexibility index (Phi) is 3.44. The van der Waals surface area contributed by atoms with Gasteiger partial charge in [0.2, 0.25) is 0 Å². The summed E-state index contributed by atoms with van der Waals surface area (Å²) < 4.78 is 6.08. The number of ketones is 1. The fourth-order valence-electron chi connectivity index (χ4n) is 7.83. The number of hydrogen-bond acceptors (Lipinski definition) is 3. The van der Waals surface area contributed by atoms with Crippen molar-refractivity contribution in [1.82, 2.24) is 0 Å². The Balaban J connectivity index is 1.56. The Bertz CT molecular complexity index is 734. The van der Waals surface area contributed by atoms with Gasteiger partial charge in [0, 0.05) is 18.3 Å². The molecule has 0 radical (unpaired) electrons. The molecule has 5 rings (SSSR count). The largest absolute Gasteiger partial charge is 0.458 e. The maximum absolute atomic E-state index is 12.0. The first-order valence-corrected chi connectivity index (χ1v) is 10.6. The van der Waals surface area contributed by atoms with Crippen molar-refractivity contribution in [1.29, 1.82) is 0 Å². The third-order valence-corrected chi connectivity index (χ3v) is 9.16. The molecule has 3 nitrogen and oxygen atoms in total. The molecule has 140 valence electrons. The third-order valence-electron chi connectivity index (χ3n) is 9.16. The summed E-state index contributed by atoms with van der Waals surface area (Å²) in [6.45, 7) is 4.71. The summed E-state index contributed by atoms with van der Waals surface area (Å²) >= 11 is 0. The van der Waals surface area contributed by atoms with Gasteiger partial charge in [0.15, 0.2) is 5.78 Å². The highest BCUT2D eigenvalue weighted by Crippen LogP contribution is 2.69. The molecule has 1 saturated heterocycles. The van der Waals surface area contributed by atoms with Gasteiger partial charge in [-0.25, -0.2) is 0 Å². The molecule has 0 N–H and O–H groups in total. The van der Waals surface area contributed by atoms with Crippen LogP contribution in [0.2, 0.25) is 0 Å². The van der Waals surface area contributed by atoms with Crippen LogP contribution in [0.1, 0.15) is 71.6 Å². The zero-order chi connectivity index (χ0) is 18.2. The first-order valence-electron chi connectivity index (χ1n) is 10.6. The fourth-order valence-corrected chi connectivity index (χ4v) is 7.83. The molecule has 4 aliphatic carbocycles. The third kappa shape index (κ3) is 1.90. The minimum atomic E-state index is -0.193. The van der Waals surface area contributed by atoms with Crippen molar-refractivity contribution in [3.05, 3.63) is 23.8 Å². The molecule has 5 aliphatic rings. The molecule has 2 saturated carbocycles. The van der Waals surface area contributed by atoms with E-state index in [1.54, 1.807) is 0 Å². The molecule has 3 heteroatoms. The quantitative estimate of drug-likeness (QED) is 0.638. The maximum atomic E-state index is 12.0. The second kappa shape index (κ2) is 5.33. The van der Waals surface area contributed by atoms with E-state index in [0.29, 0.717) is 30.6 Å². The average molecular weight is 354 g/mol. The number of hydrogen-bond donors (Lipinski definition) is 0. The molecule has 0 aromatic rings. The maximum Gasteiger partial charge on any atom is 0.306 e. The molecule has 0 aromatic heterocycles. The van der Waals surface area contributed by atoms with Gasteiger partial charge in [0.1, 0.15) is 5.60 Å². The Morgan fingerprint density at radius 2 is 1.88 bits per heavy atom. The van der Waals surface area contributed by atoms with Gasteiger partial charge in [-0.05, 0) is 79.8 Å². The van der Waals surface area contributed by atoms with Crippen LogP contribution in [0.25, 0.3) is 0 Å². The monoisotopic (exact) mass is 354 g/mol. The lowest BCUT2D eigenvalue weighted by Gasteiger charge is -2.58. The summed E-state index contributed by atoms with van der Waals surface area (Å²) in [6.07, 6.45) is 15.5. The number of carbonyl (C=O) groups excluding carboxylic acids is 2.